The van der Waals surface area contributed by atoms with Crippen LogP contribution in [0.3, 0.4) is 0 Å². The molecule has 4 aromatic rings. The normalized spacial score (nSPS) is 15.6. The van der Waals surface area contributed by atoms with Crippen molar-refractivity contribution < 1.29 is 9.15 Å². The third kappa shape index (κ3) is 3.01. The third-order valence-corrected chi connectivity index (χ3v) is 5.00. The maximum Gasteiger partial charge on any atom is 0.193 e. The van der Waals surface area contributed by atoms with Crippen LogP contribution < -0.4 is 10.2 Å². The summed E-state index contributed by atoms with van der Waals surface area (Å²) in [5.74, 6) is 1.36. The van der Waals surface area contributed by atoms with Crippen molar-refractivity contribution in [3.05, 3.63) is 106 Å². The molecule has 0 amide bonds. The van der Waals surface area contributed by atoms with Gasteiger partial charge in [0.25, 0.3) is 0 Å². The van der Waals surface area contributed by atoms with E-state index in [1.165, 1.54) is 0 Å². The van der Waals surface area contributed by atoms with Crippen molar-refractivity contribution in [3.8, 4) is 17.1 Å². The quantitative estimate of drug-likeness (QED) is 0.482. The minimum atomic E-state index is -0.0773. The van der Waals surface area contributed by atoms with Crippen molar-refractivity contribution in [1.29, 1.82) is 0 Å². The van der Waals surface area contributed by atoms with E-state index in [4.69, 9.17) is 9.15 Å². The molecule has 136 valence electrons. The van der Waals surface area contributed by atoms with Crippen LogP contribution in [0.2, 0.25) is 0 Å². The highest BCUT2D eigenvalue weighted by Crippen LogP contribution is 2.36. The minimum absolute atomic E-state index is 0.0359. The summed E-state index contributed by atoms with van der Waals surface area (Å²) in [6.07, 6.45) is 4.72. The van der Waals surface area contributed by atoms with Gasteiger partial charge in [0.2, 0.25) is 0 Å². The topological polar surface area (TPSA) is 39.4 Å². The van der Waals surface area contributed by atoms with E-state index in [0.717, 1.165) is 22.4 Å². The van der Waals surface area contributed by atoms with E-state index in [2.05, 4.69) is 24.3 Å². The Morgan fingerprint density at radius 2 is 1.64 bits per heavy atom. The molecule has 1 aliphatic heterocycles. The SMILES string of the molecule is O=c1cc(-c2ccccc2)oc2c3c(ccc12)O[C@@H](/C=C/c1ccccc1)C3. The first-order chi connectivity index (χ1) is 13.8. The Morgan fingerprint density at radius 3 is 2.43 bits per heavy atom. The van der Waals surface area contributed by atoms with E-state index < -0.39 is 0 Å². The molecule has 0 saturated heterocycles. The highest BCUT2D eigenvalue weighted by Gasteiger charge is 2.25. The Hall–Kier alpha value is -3.59. The molecular weight excluding hydrogens is 348 g/mol. The van der Waals surface area contributed by atoms with Crippen LogP contribution in [0.25, 0.3) is 28.4 Å². The third-order valence-electron chi connectivity index (χ3n) is 5.00. The van der Waals surface area contributed by atoms with Crippen LogP contribution in [0.4, 0.5) is 0 Å². The molecule has 0 unspecified atom stereocenters. The zero-order valence-electron chi connectivity index (χ0n) is 15.2. The van der Waals surface area contributed by atoms with E-state index in [1.54, 1.807) is 12.1 Å². The number of rotatable bonds is 3. The van der Waals surface area contributed by atoms with E-state index >= 15 is 0 Å². The lowest BCUT2D eigenvalue weighted by Crippen LogP contribution is -2.08. The lowest BCUT2D eigenvalue weighted by molar-refractivity contribution is 0.284. The summed E-state index contributed by atoms with van der Waals surface area (Å²) in [4.78, 5) is 12.7. The van der Waals surface area contributed by atoms with Gasteiger partial charge in [-0.05, 0) is 23.8 Å². The van der Waals surface area contributed by atoms with Gasteiger partial charge in [0, 0.05) is 23.6 Å². The summed E-state index contributed by atoms with van der Waals surface area (Å²) in [6, 6.07) is 25.0. The lowest BCUT2D eigenvalue weighted by Gasteiger charge is -2.06. The molecule has 0 spiro atoms. The first kappa shape index (κ1) is 16.6. The first-order valence-electron chi connectivity index (χ1n) is 9.33. The number of benzene rings is 3. The molecule has 1 aromatic heterocycles. The van der Waals surface area contributed by atoms with Gasteiger partial charge in [0.05, 0.1) is 5.39 Å². The van der Waals surface area contributed by atoms with E-state index in [0.29, 0.717) is 23.2 Å². The zero-order valence-corrected chi connectivity index (χ0v) is 15.2. The van der Waals surface area contributed by atoms with Gasteiger partial charge >= 0.3 is 0 Å². The van der Waals surface area contributed by atoms with Gasteiger partial charge in [-0.1, -0.05) is 66.7 Å². The number of hydrogen-bond acceptors (Lipinski definition) is 3. The zero-order chi connectivity index (χ0) is 18.9. The summed E-state index contributed by atoms with van der Waals surface area (Å²) in [7, 11) is 0. The average Bonchev–Trinajstić information content (AvgIpc) is 3.17. The molecule has 0 radical (unpaired) electrons. The van der Waals surface area contributed by atoms with Crippen molar-refractivity contribution in [1.82, 2.24) is 0 Å². The van der Waals surface area contributed by atoms with Crippen LogP contribution in [0, 0.1) is 0 Å². The standard InChI is InChI=1S/C25H18O3/c26-22-16-24(18-9-5-2-6-10-18)28-25-20(22)13-14-23-21(25)15-19(27-23)12-11-17-7-3-1-4-8-17/h1-14,16,19H,15H2/b12-11+/t19-/m0/s1. The largest absolute Gasteiger partial charge is 0.486 e. The lowest BCUT2D eigenvalue weighted by atomic mass is 10.0. The minimum Gasteiger partial charge on any atom is -0.486 e. The Balaban J connectivity index is 1.54. The second-order valence-electron chi connectivity index (χ2n) is 6.89. The van der Waals surface area contributed by atoms with Gasteiger partial charge in [-0.2, -0.15) is 0 Å². The fraction of sp³-hybridized carbons (Fsp3) is 0.0800. The van der Waals surface area contributed by atoms with Crippen molar-refractivity contribution in [3.63, 3.8) is 0 Å². The van der Waals surface area contributed by atoms with E-state index in [1.807, 2.05) is 54.6 Å². The smallest absolute Gasteiger partial charge is 0.193 e. The Morgan fingerprint density at radius 1 is 0.893 bits per heavy atom. The van der Waals surface area contributed by atoms with E-state index in [9.17, 15) is 4.79 Å². The van der Waals surface area contributed by atoms with Gasteiger partial charge in [0.1, 0.15) is 23.2 Å². The highest BCUT2D eigenvalue weighted by molar-refractivity contribution is 5.84. The molecule has 0 N–H and O–H groups in total. The monoisotopic (exact) mass is 366 g/mol. The van der Waals surface area contributed by atoms with Gasteiger partial charge in [0.15, 0.2) is 5.43 Å². The maximum atomic E-state index is 12.7. The predicted molar refractivity (Wildman–Crippen MR) is 112 cm³/mol. The molecule has 3 nitrogen and oxygen atoms in total. The molecule has 3 heteroatoms. The number of fused-ring (bicyclic) bond motifs is 3. The van der Waals surface area contributed by atoms with E-state index in [-0.39, 0.29) is 11.5 Å². The van der Waals surface area contributed by atoms with Crippen molar-refractivity contribution in [2.24, 2.45) is 0 Å². The summed E-state index contributed by atoms with van der Waals surface area (Å²) in [5.41, 5.74) is 3.56. The van der Waals surface area contributed by atoms with Crippen molar-refractivity contribution in [2.45, 2.75) is 12.5 Å². The molecule has 1 atom stereocenters. The Kier molecular flexibility index (Phi) is 4.06. The summed E-state index contributed by atoms with van der Waals surface area (Å²) in [5, 5.41) is 0.592. The Labute approximate surface area is 162 Å². The second-order valence-corrected chi connectivity index (χ2v) is 6.89. The van der Waals surface area contributed by atoms with Crippen LogP contribution in [0.5, 0.6) is 5.75 Å². The fourth-order valence-electron chi connectivity index (χ4n) is 3.60. The molecule has 0 bridgehead atoms. The average molecular weight is 366 g/mol. The van der Waals surface area contributed by atoms with Gasteiger partial charge in [-0.25, -0.2) is 0 Å². The summed E-state index contributed by atoms with van der Waals surface area (Å²) in [6.45, 7) is 0. The first-order valence-corrected chi connectivity index (χ1v) is 9.33. The van der Waals surface area contributed by atoms with Crippen molar-refractivity contribution >= 4 is 17.0 Å². The summed E-state index contributed by atoms with van der Waals surface area (Å²) >= 11 is 0. The fourth-order valence-corrected chi connectivity index (χ4v) is 3.60. The molecule has 0 aliphatic carbocycles. The predicted octanol–water partition coefficient (Wildman–Crippen LogP) is 5.48. The van der Waals surface area contributed by atoms with Crippen molar-refractivity contribution in [2.75, 3.05) is 0 Å². The van der Waals surface area contributed by atoms with Crippen LogP contribution >= 0.6 is 0 Å². The molecule has 1 aliphatic rings. The molecule has 5 rings (SSSR count). The van der Waals surface area contributed by atoms with Gasteiger partial charge in [-0.3, -0.25) is 4.79 Å². The molecular formula is C25H18O3. The second kappa shape index (κ2) is 6.86. The molecule has 3 aromatic carbocycles. The van der Waals surface area contributed by atoms with Gasteiger partial charge in [-0.15, -0.1) is 0 Å². The maximum absolute atomic E-state index is 12.7. The highest BCUT2D eigenvalue weighted by atomic mass is 16.5. The van der Waals surface area contributed by atoms with Crippen LogP contribution in [0.15, 0.2) is 94.2 Å². The molecule has 0 saturated carbocycles. The molecule has 28 heavy (non-hydrogen) atoms. The summed E-state index contributed by atoms with van der Waals surface area (Å²) < 4.78 is 12.3. The van der Waals surface area contributed by atoms with Crippen LogP contribution in [-0.4, -0.2) is 6.10 Å². The van der Waals surface area contributed by atoms with Crippen LogP contribution in [0.1, 0.15) is 11.1 Å². The molecule has 0 fully saturated rings. The number of ether oxygens (including phenoxy) is 1. The van der Waals surface area contributed by atoms with Crippen LogP contribution in [-0.2, 0) is 6.42 Å². The Bertz CT molecular complexity index is 1220. The molecule has 2 heterocycles. The van der Waals surface area contributed by atoms with Gasteiger partial charge < -0.3 is 9.15 Å². The number of hydrogen-bond donors (Lipinski definition) is 0.